The fraction of sp³-hybridized carbons (Fsp3) is 0.750. The Balaban J connectivity index is 1.95. The van der Waals surface area contributed by atoms with Crippen LogP contribution >= 0.6 is 0 Å². The number of rotatable bonds is 7. The number of aromatic nitrogens is 2. The molecule has 1 aromatic heterocycles. The highest BCUT2D eigenvalue weighted by molar-refractivity contribution is 5.29. The quantitative estimate of drug-likeness (QED) is 0.817. The van der Waals surface area contributed by atoms with Crippen molar-refractivity contribution in [1.29, 1.82) is 0 Å². The Bertz CT molecular complexity index is 391. The van der Waals surface area contributed by atoms with Gasteiger partial charge in [0.1, 0.15) is 0 Å². The molecular formula is C16H27N3O. The molecule has 1 unspecified atom stereocenters. The van der Waals surface area contributed by atoms with Gasteiger partial charge in [-0.15, -0.1) is 0 Å². The van der Waals surface area contributed by atoms with E-state index in [1.165, 1.54) is 32.1 Å². The van der Waals surface area contributed by atoms with Gasteiger partial charge in [0, 0.05) is 18.3 Å². The van der Waals surface area contributed by atoms with Crippen molar-refractivity contribution in [2.24, 2.45) is 5.92 Å². The van der Waals surface area contributed by atoms with Crippen molar-refractivity contribution < 1.29 is 4.74 Å². The maximum Gasteiger partial charge on any atom is 0.226 e. The van der Waals surface area contributed by atoms with Crippen LogP contribution in [0.25, 0.3) is 0 Å². The lowest BCUT2D eigenvalue weighted by Crippen LogP contribution is -2.30. The van der Waals surface area contributed by atoms with Gasteiger partial charge in [-0.25, -0.2) is 4.98 Å². The van der Waals surface area contributed by atoms with Crippen LogP contribution in [0.1, 0.15) is 58.8 Å². The average molecular weight is 277 g/mol. The molecule has 0 saturated heterocycles. The molecule has 1 heterocycles. The molecule has 4 heteroatoms. The summed E-state index contributed by atoms with van der Waals surface area (Å²) in [6.07, 6.45) is 10.7. The first-order valence-electron chi connectivity index (χ1n) is 8.05. The van der Waals surface area contributed by atoms with Crippen LogP contribution in [0.5, 0.6) is 5.88 Å². The summed E-state index contributed by atoms with van der Waals surface area (Å²) in [6.45, 7) is 5.04. The number of hydrogen-bond donors (Lipinski definition) is 1. The minimum Gasteiger partial charge on any atom is -0.478 e. The van der Waals surface area contributed by atoms with Crippen molar-refractivity contribution in [3.8, 4) is 5.88 Å². The molecule has 1 fully saturated rings. The van der Waals surface area contributed by atoms with E-state index >= 15 is 0 Å². The van der Waals surface area contributed by atoms with E-state index in [4.69, 9.17) is 4.74 Å². The van der Waals surface area contributed by atoms with Crippen LogP contribution in [0.3, 0.4) is 0 Å². The second-order valence-corrected chi connectivity index (χ2v) is 5.62. The normalized spacial score (nSPS) is 17.7. The van der Waals surface area contributed by atoms with Crippen LogP contribution in [0.4, 0.5) is 5.95 Å². The third-order valence-corrected chi connectivity index (χ3v) is 4.06. The van der Waals surface area contributed by atoms with E-state index in [-0.39, 0.29) is 0 Å². The largest absolute Gasteiger partial charge is 0.478 e. The fourth-order valence-electron chi connectivity index (χ4n) is 2.95. The van der Waals surface area contributed by atoms with Crippen LogP contribution < -0.4 is 10.1 Å². The smallest absolute Gasteiger partial charge is 0.226 e. The first-order valence-corrected chi connectivity index (χ1v) is 8.05. The molecule has 1 saturated carbocycles. The van der Waals surface area contributed by atoms with Crippen LogP contribution in [0, 0.1) is 5.92 Å². The maximum absolute atomic E-state index is 5.57. The van der Waals surface area contributed by atoms with Crippen molar-refractivity contribution in [2.75, 3.05) is 11.9 Å². The SMILES string of the molecule is CCCOc1ccnc(NC(CC)C2CCCCC2)n1. The molecule has 1 aromatic rings. The van der Waals surface area contributed by atoms with Gasteiger partial charge in [0.05, 0.1) is 6.61 Å². The number of hydrogen-bond acceptors (Lipinski definition) is 4. The third kappa shape index (κ3) is 4.36. The molecule has 0 aromatic carbocycles. The van der Waals surface area contributed by atoms with Crippen molar-refractivity contribution >= 4 is 5.95 Å². The first-order chi connectivity index (χ1) is 9.83. The Morgan fingerprint density at radius 2 is 2.10 bits per heavy atom. The average Bonchev–Trinajstić information content (AvgIpc) is 2.52. The molecule has 2 rings (SSSR count). The molecule has 1 aliphatic rings. The lowest BCUT2D eigenvalue weighted by atomic mass is 9.83. The summed E-state index contributed by atoms with van der Waals surface area (Å²) in [5.74, 6) is 2.14. The summed E-state index contributed by atoms with van der Waals surface area (Å²) in [5, 5.41) is 3.51. The Morgan fingerprint density at radius 1 is 1.30 bits per heavy atom. The van der Waals surface area contributed by atoms with Crippen LogP contribution in [-0.4, -0.2) is 22.6 Å². The summed E-state index contributed by atoms with van der Waals surface area (Å²) in [4.78, 5) is 8.78. The number of ether oxygens (including phenoxy) is 1. The molecule has 0 aliphatic heterocycles. The predicted molar refractivity (Wildman–Crippen MR) is 82.1 cm³/mol. The molecule has 0 amide bonds. The topological polar surface area (TPSA) is 47.0 Å². The minimum absolute atomic E-state index is 0.483. The molecule has 0 spiro atoms. The fourth-order valence-corrected chi connectivity index (χ4v) is 2.95. The molecule has 112 valence electrons. The van der Waals surface area contributed by atoms with Gasteiger partial charge in [0.15, 0.2) is 0 Å². The number of anilines is 1. The highest BCUT2D eigenvalue weighted by atomic mass is 16.5. The Labute approximate surface area is 122 Å². The first kappa shape index (κ1) is 15.1. The predicted octanol–water partition coefficient (Wildman–Crippen LogP) is 4.04. The van der Waals surface area contributed by atoms with E-state index in [1.807, 2.05) is 6.07 Å². The molecule has 1 N–H and O–H groups in total. The number of nitrogens with zero attached hydrogens (tertiary/aromatic N) is 2. The van der Waals surface area contributed by atoms with Gasteiger partial charge in [0.2, 0.25) is 11.8 Å². The zero-order chi connectivity index (χ0) is 14.2. The Hall–Kier alpha value is -1.32. The highest BCUT2D eigenvalue weighted by Gasteiger charge is 2.22. The molecule has 1 atom stereocenters. The van der Waals surface area contributed by atoms with Crippen molar-refractivity contribution in [3.63, 3.8) is 0 Å². The Morgan fingerprint density at radius 3 is 2.80 bits per heavy atom. The second kappa shape index (κ2) is 8.08. The van der Waals surface area contributed by atoms with E-state index in [1.54, 1.807) is 6.20 Å². The monoisotopic (exact) mass is 277 g/mol. The highest BCUT2D eigenvalue weighted by Crippen LogP contribution is 2.29. The van der Waals surface area contributed by atoms with Crippen LogP contribution in [0.2, 0.25) is 0 Å². The lowest BCUT2D eigenvalue weighted by Gasteiger charge is -2.30. The maximum atomic E-state index is 5.57. The van der Waals surface area contributed by atoms with Gasteiger partial charge in [-0.05, 0) is 31.6 Å². The third-order valence-electron chi connectivity index (χ3n) is 4.06. The van der Waals surface area contributed by atoms with E-state index in [0.29, 0.717) is 24.5 Å². The Kier molecular flexibility index (Phi) is 6.09. The minimum atomic E-state index is 0.483. The summed E-state index contributed by atoms with van der Waals surface area (Å²) < 4.78 is 5.57. The van der Waals surface area contributed by atoms with Crippen molar-refractivity contribution in [1.82, 2.24) is 9.97 Å². The zero-order valence-corrected chi connectivity index (χ0v) is 12.8. The van der Waals surface area contributed by atoms with E-state index in [2.05, 4.69) is 29.1 Å². The van der Waals surface area contributed by atoms with Gasteiger partial charge >= 0.3 is 0 Å². The van der Waals surface area contributed by atoms with Gasteiger partial charge < -0.3 is 10.1 Å². The van der Waals surface area contributed by atoms with Crippen molar-refractivity contribution in [3.05, 3.63) is 12.3 Å². The summed E-state index contributed by atoms with van der Waals surface area (Å²) in [5.41, 5.74) is 0. The standard InChI is InChI=1S/C16H27N3O/c1-3-12-20-15-10-11-17-16(19-15)18-14(4-2)13-8-6-5-7-9-13/h10-11,13-14H,3-9,12H2,1-2H3,(H,17,18,19). The van der Waals surface area contributed by atoms with Gasteiger partial charge in [-0.1, -0.05) is 33.1 Å². The van der Waals surface area contributed by atoms with Crippen LogP contribution in [0.15, 0.2) is 12.3 Å². The summed E-state index contributed by atoms with van der Waals surface area (Å²) >= 11 is 0. The molecule has 0 radical (unpaired) electrons. The summed E-state index contributed by atoms with van der Waals surface area (Å²) in [7, 11) is 0. The molecule has 20 heavy (non-hydrogen) atoms. The van der Waals surface area contributed by atoms with Crippen molar-refractivity contribution in [2.45, 2.75) is 64.8 Å². The number of nitrogens with one attached hydrogen (secondary N) is 1. The van der Waals surface area contributed by atoms with E-state index < -0.39 is 0 Å². The van der Waals surface area contributed by atoms with Crippen LogP contribution in [-0.2, 0) is 0 Å². The lowest BCUT2D eigenvalue weighted by molar-refractivity contribution is 0.302. The molecule has 1 aliphatic carbocycles. The van der Waals surface area contributed by atoms with E-state index in [9.17, 15) is 0 Å². The molecule has 0 bridgehead atoms. The molecular weight excluding hydrogens is 250 g/mol. The van der Waals surface area contributed by atoms with E-state index in [0.717, 1.165) is 18.8 Å². The van der Waals surface area contributed by atoms with Gasteiger partial charge in [-0.3, -0.25) is 0 Å². The van der Waals surface area contributed by atoms with Gasteiger partial charge in [0.25, 0.3) is 0 Å². The van der Waals surface area contributed by atoms with Gasteiger partial charge in [-0.2, -0.15) is 4.98 Å². The second-order valence-electron chi connectivity index (χ2n) is 5.62. The zero-order valence-electron chi connectivity index (χ0n) is 12.8. The molecule has 4 nitrogen and oxygen atoms in total. The summed E-state index contributed by atoms with van der Waals surface area (Å²) in [6, 6.07) is 2.30.